The fourth-order valence-corrected chi connectivity index (χ4v) is 0.511. The van der Waals surface area contributed by atoms with Gasteiger partial charge in [-0.2, -0.15) is 0 Å². The quantitative estimate of drug-likeness (QED) is 0.469. The molecular weight excluding hydrogens is 132 g/mol. The van der Waals surface area contributed by atoms with Gasteiger partial charge >= 0.3 is 0 Å². The van der Waals surface area contributed by atoms with Crippen LogP contribution < -0.4 is 11.1 Å². The number of hydrogen-bond acceptors (Lipinski definition) is 3. The smallest absolute Gasteiger partial charge is 0.239 e. The number of aliphatic hydroxyl groups is 1. The predicted octanol–water partition coefficient (Wildman–Crippen LogP) is -1.17. The highest BCUT2D eigenvalue weighted by atomic mass is 16.3. The van der Waals surface area contributed by atoms with Gasteiger partial charge in [0, 0.05) is 6.54 Å². The van der Waals surface area contributed by atoms with Crippen molar-refractivity contribution >= 4 is 5.91 Å². The molecule has 0 saturated carbocycles. The summed E-state index contributed by atoms with van der Waals surface area (Å²) in [7, 11) is 0. The van der Waals surface area contributed by atoms with Crippen molar-refractivity contribution in [2.24, 2.45) is 5.73 Å². The third-order valence-electron chi connectivity index (χ3n) is 1.17. The van der Waals surface area contributed by atoms with E-state index in [9.17, 15) is 4.79 Å². The van der Waals surface area contributed by atoms with Crippen LogP contribution in [0.2, 0.25) is 0 Å². The summed E-state index contributed by atoms with van der Waals surface area (Å²) in [6.07, 6.45) is -0.786. The number of rotatable bonds is 3. The van der Waals surface area contributed by atoms with Crippen molar-refractivity contribution in [3.63, 3.8) is 0 Å². The Morgan fingerprint density at radius 1 is 1.80 bits per heavy atom. The predicted molar refractivity (Wildman–Crippen MR) is 38.3 cm³/mol. The first kappa shape index (κ1) is 9.39. The van der Waals surface area contributed by atoms with E-state index in [4.69, 9.17) is 10.8 Å². The highest BCUT2D eigenvalue weighted by Gasteiger charge is 2.16. The minimum atomic E-state index is -0.806. The molecule has 0 spiro atoms. The molecule has 0 aliphatic rings. The van der Waals surface area contributed by atoms with Gasteiger partial charge in [0.15, 0.2) is 0 Å². The van der Waals surface area contributed by atoms with Gasteiger partial charge < -0.3 is 16.2 Å². The molecule has 0 aliphatic carbocycles. The van der Waals surface area contributed by atoms with Gasteiger partial charge in [0.1, 0.15) is 6.04 Å². The van der Waals surface area contributed by atoms with E-state index in [0.717, 1.165) is 0 Å². The van der Waals surface area contributed by atoms with Crippen LogP contribution in [0.5, 0.6) is 0 Å². The maximum Gasteiger partial charge on any atom is 0.239 e. The Morgan fingerprint density at radius 3 is 2.60 bits per heavy atom. The summed E-state index contributed by atoms with van der Waals surface area (Å²) in [5.74, 6) is -0.308. The molecule has 0 aromatic heterocycles. The fourth-order valence-electron chi connectivity index (χ4n) is 0.511. The Bertz CT molecular complexity index is 114. The number of aliphatic hydroxyl groups excluding tert-OH is 1. The summed E-state index contributed by atoms with van der Waals surface area (Å²) in [6, 6.07) is -0.806. The van der Waals surface area contributed by atoms with Gasteiger partial charge in [-0.05, 0) is 13.8 Å². The molecule has 0 fully saturated rings. The van der Waals surface area contributed by atoms with Crippen molar-refractivity contribution < 1.29 is 9.90 Å². The topological polar surface area (TPSA) is 75.4 Å². The normalized spacial score (nSPS) is 16.0. The number of carbonyl (C=O) groups excluding carboxylic acids is 1. The van der Waals surface area contributed by atoms with Crippen LogP contribution in [0.3, 0.4) is 0 Å². The Balaban J connectivity index is 3.71. The Hall–Kier alpha value is -0.610. The molecule has 2 atom stereocenters. The lowest BCUT2D eigenvalue weighted by Gasteiger charge is -2.12. The minimum absolute atomic E-state index is 0.308. The number of amides is 1. The first-order chi connectivity index (χ1) is 4.59. The van der Waals surface area contributed by atoms with Crippen LogP contribution in [0.15, 0.2) is 0 Å². The van der Waals surface area contributed by atoms with Gasteiger partial charge in [-0.3, -0.25) is 4.79 Å². The van der Waals surface area contributed by atoms with Crippen LogP contribution in [0, 0.1) is 0 Å². The molecule has 0 saturated heterocycles. The summed E-state index contributed by atoms with van der Waals surface area (Å²) >= 11 is 0. The first-order valence-electron chi connectivity index (χ1n) is 3.31. The second-order valence-electron chi connectivity index (χ2n) is 2.16. The van der Waals surface area contributed by atoms with E-state index in [2.05, 4.69) is 5.32 Å². The van der Waals surface area contributed by atoms with E-state index in [-0.39, 0.29) is 5.91 Å². The van der Waals surface area contributed by atoms with Crippen LogP contribution >= 0.6 is 0 Å². The van der Waals surface area contributed by atoms with Crippen molar-refractivity contribution in [2.45, 2.75) is 26.0 Å². The van der Waals surface area contributed by atoms with E-state index in [1.807, 2.05) is 0 Å². The lowest BCUT2D eigenvalue weighted by molar-refractivity contribution is -0.124. The second kappa shape index (κ2) is 4.24. The van der Waals surface area contributed by atoms with E-state index in [1.54, 1.807) is 6.92 Å². The molecule has 60 valence electrons. The summed E-state index contributed by atoms with van der Waals surface area (Å²) in [5, 5.41) is 11.3. The average Bonchev–Trinajstić information content (AvgIpc) is 1.87. The highest BCUT2D eigenvalue weighted by molar-refractivity contribution is 5.81. The average molecular weight is 146 g/mol. The molecule has 10 heavy (non-hydrogen) atoms. The zero-order valence-corrected chi connectivity index (χ0v) is 6.29. The van der Waals surface area contributed by atoms with Gasteiger partial charge in [0.25, 0.3) is 0 Å². The van der Waals surface area contributed by atoms with Crippen molar-refractivity contribution in [1.29, 1.82) is 0 Å². The standard InChI is InChI=1S/C6H14N2O2/c1-3-8-6(10)5(7)4(2)9/h4-5,9H,3,7H2,1-2H3,(H,8,10)/t4?,5-/m0/s1. The molecule has 1 unspecified atom stereocenters. The van der Waals surface area contributed by atoms with Crippen molar-refractivity contribution in [2.75, 3.05) is 6.54 Å². The summed E-state index contributed by atoms with van der Waals surface area (Å²) < 4.78 is 0. The van der Waals surface area contributed by atoms with E-state index in [1.165, 1.54) is 6.92 Å². The SMILES string of the molecule is CCNC(=O)[C@@H](N)C(C)O. The Morgan fingerprint density at radius 2 is 2.30 bits per heavy atom. The highest BCUT2D eigenvalue weighted by Crippen LogP contribution is 1.86. The van der Waals surface area contributed by atoms with Crippen LogP contribution in [-0.2, 0) is 4.79 Å². The van der Waals surface area contributed by atoms with Crippen LogP contribution in [-0.4, -0.2) is 29.7 Å². The molecule has 0 rings (SSSR count). The largest absolute Gasteiger partial charge is 0.391 e. The van der Waals surface area contributed by atoms with Crippen LogP contribution in [0.25, 0.3) is 0 Å². The molecule has 0 aliphatic heterocycles. The maximum absolute atomic E-state index is 10.8. The lowest BCUT2D eigenvalue weighted by Crippen LogP contribution is -2.47. The van der Waals surface area contributed by atoms with Gasteiger partial charge in [-0.25, -0.2) is 0 Å². The molecular formula is C6H14N2O2. The van der Waals surface area contributed by atoms with Crippen molar-refractivity contribution in [3.8, 4) is 0 Å². The molecule has 4 heteroatoms. The summed E-state index contributed by atoms with van der Waals surface area (Å²) in [4.78, 5) is 10.8. The molecule has 0 aromatic carbocycles. The number of hydrogen-bond donors (Lipinski definition) is 3. The maximum atomic E-state index is 10.8. The Labute approximate surface area is 60.4 Å². The molecule has 4 N–H and O–H groups in total. The molecule has 0 aromatic rings. The lowest BCUT2D eigenvalue weighted by atomic mass is 10.2. The molecule has 0 heterocycles. The van der Waals surface area contributed by atoms with E-state index < -0.39 is 12.1 Å². The molecule has 0 radical (unpaired) electrons. The van der Waals surface area contributed by atoms with E-state index in [0.29, 0.717) is 6.54 Å². The third-order valence-corrected chi connectivity index (χ3v) is 1.17. The Kier molecular flexibility index (Phi) is 3.99. The van der Waals surface area contributed by atoms with Crippen LogP contribution in [0.4, 0.5) is 0 Å². The van der Waals surface area contributed by atoms with Gasteiger partial charge in [0.05, 0.1) is 6.10 Å². The fraction of sp³-hybridized carbons (Fsp3) is 0.833. The second-order valence-corrected chi connectivity index (χ2v) is 2.16. The van der Waals surface area contributed by atoms with E-state index >= 15 is 0 Å². The molecule has 4 nitrogen and oxygen atoms in total. The number of carbonyl (C=O) groups is 1. The molecule has 0 bridgehead atoms. The first-order valence-corrected chi connectivity index (χ1v) is 3.31. The van der Waals surface area contributed by atoms with Gasteiger partial charge in [-0.15, -0.1) is 0 Å². The summed E-state index contributed by atoms with van der Waals surface area (Å²) in [6.45, 7) is 3.83. The number of likely N-dealkylation sites (N-methyl/N-ethyl adjacent to an activating group) is 1. The number of nitrogens with one attached hydrogen (secondary N) is 1. The van der Waals surface area contributed by atoms with Gasteiger partial charge in [0.2, 0.25) is 5.91 Å². The minimum Gasteiger partial charge on any atom is -0.391 e. The summed E-state index contributed by atoms with van der Waals surface area (Å²) in [5.41, 5.74) is 5.28. The van der Waals surface area contributed by atoms with Gasteiger partial charge in [-0.1, -0.05) is 0 Å². The number of nitrogens with two attached hydrogens (primary N) is 1. The van der Waals surface area contributed by atoms with Crippen molar-refractivity contribution in [3.05, 3.63) is 0 Å². The zero-order chi connectivity index (χ0) is 8.15. The third kappa shape index (κ3) is 2.80. The zero-order valence-electron chi connectivity index (χ0n) is 6.29. The monoisotopic (exact) mass is 146 g/mol. The van der Waals surface area contributed by atoms with Crippen LogP contribution in [0.1, 0.15) is 13.8 Å². The molecule has 1 amide bonds. The van der Waals surface area contributed by atoms with Crippen molar-refractivity contribution in [1.82, 2.24) is 5.32 Å².